The number of hydrogen-bond donors (Lipinski definition) is 0. The van der Waals surface area contributed by atoms with Crippen molar-refractivity contribution in [3.8, 4) is 61.3 Å². The van der Waals surface area contributed by atoms with Crippen molar-refractivity contribution >= 4 is 38.9 Å². The number of benzene rings is 11. The fourth-order valence-electron chi connectivity index (χ4n) is 11.8. The minimum Gasteiger partial charge on any atom is -0.310 e. The van der Waals surface area contributed by atoms with Crippen molar-refractivity contribution in [2.75, 3.05) is 4.90 Å². The molecule has 14 rings (SSSR count). The van der Waals surface area contributed by atoms with E-state index in [0.717, 1.165) is 22.7 Å². The molecule has 0 saturated heterocycles. The van der Waals surface area contributed by atoms with Gasteiger partial charge in [-0.2, -0.15) is 0 Å². The van der Waals surface area contributed by atoms with Gasteiger partial charge in [0.15, 0.2) is 0 Å². The molecule has 0 aliphatic heterocycles. The zero-order valence-electron chi connectivity index (χ0n) is 37.8. The zero-order chi connectivity index (χ0) is 45.5. The third kappa shape index (κ3) is 5.99. The van der Waals surface area contributed by atoms with E-state index in [4.69, 9.17) is 0 Å². The molecule has 2 nitrogen and oxygen atoms in total. The molecule has 0 radical (unpaired) electrons. The van der Waals surface area contributed by atoms with Crippen molar-refractivity contribution in [2.24, 2.45) is 0 Å². The van der Waals surface area contributed by atoms with Gasteiger partial charge in [-0.3, -0.25) is 0 Å². The third-order valence-electron chi connectivity index (χ3n) is 14.8. The molecule has 0 unspecified atom stereocenters. The van der Waals surface area contributed by atoms with Gasteiger partial charge < -0.3 is 9.47 Å². The maximum atomic E-state index is 2.51. The molecular weight excluding hydrogens is 833 g/mol. The highest BCUT2D eigenvalue weighted by atomic mass is 15.1. The minimum atomic E-state index is -0.534. The molecule has 0 N–H and O–H groups in total. The lowest BCUT2D eigenvalue weighted by atomic mass is 9.70. The molecule has 2 aliphatic carbocycles. The van der Waals surface area contributed by atoms with Gasteiger partial charge in [-0.1, -0.05) is 194 Å². The van der Waals surface area contributed by atoms with Crippen LogP contribution in [-0.2, 0) is 5.41 Å². The summed E-state index contributed by atoms with van der Waals surface area (Å²) in [4.78, 5) is 2.41. The van der Waals surface area contributed by atoms with Crippen LogP contribution in [0.1, 0.15) is 22.3 Å². The Morgan fingerprint density at radius 3 is 1.45 bits per heavy atom. The topological polar surface area (TPSA) is 8.17 Å². The van der Waals surface area contributed by atoms with Crippen molar-refractivity contribution in [3.63, 3.8) is 0 Å². The normalized spacial score (nSPS) is 12.8. The maximum Gasteiger partial charge on any atom is 0.0726 e. The highest BCUT2D eigenvalue weighted by Gasteiger charge is 2.52. The molecule has 11 aromatic carbocycles. The summed E-state index contributed by atoms with van der Waals surface area (Å²) in [5.74, 6) is 0. The van der Waals surface area contributed by atoms with Crippen molar-refractivity contribution in [1.29, 1.82) is 0 Å². The van der Waals surface area contributed by atoms with Gasteiger partial charge in [-0.15, -0.1) is 0 Å². The summed E-state index contributed by atoms with van der Waals surface area (Å²) in [6.45, 7) is 0. The Morgan fingerprint density at radius 2 is 0.725 bits per heavy atom. The van der Waals surface area contributed by atoms with E-state index >= 15 is 0 Å². The van der Waals surface area contributed by atoms with Gasteiger partial charge in [0.1, 0.15) is 0 Å². The Bertz CT molecular complexity index is 3890. The quantitative estimate of drug-likeness (QED) is 0.155. The summed E-state index contributed by atoms with van der Waals surface area (Å²) >= 11 is 0. The van der Waals surface area contributed by atoms with Crippen LogP contribution in [0.5, 0.6) is 0 Å². The van der Waals surface area contributed by atoms with Crippen LogP contribution >= 0.6 is 0 Å². The highest BCUT2D eigenvalue weighted by Crippen LogP contribution is 2.64. The second-order valence-corrected chi connectivity index (χ2v) is 18.4. The van der Waals surface area contributed by atoms with Gasteiger partial charge in [0.25, 0.3) is 0 Å². The molecule has 1 spiro atoms. The Balaban J connectivity index is 0.947. The van der Waals surface area contributed by atoms with Gasteiger partial charge in [0, 0.05) is 33.5 Å². The predicted octanol–water partition coefficient (Wildman–Crippen LogP) is 17.6. The average Bonchev–Trinajstić information content (AvgIpc) is 4.03. The molecular formula is C67H44N2. The number of rotatable bonds is 7. The number of nitrogens with zero attached hydrogens (tertiary/aromatic N) is 2. The molecule has 69 heavy (non-hydrogen) atoms. The molecule has 322 valence electrons. The molecule has 12 aromatic rings. The summed E-state index contributed by atoms with van der Waals surface area (Å²) in [5, 5.41) is 2.49. The molecule has 0 fully saturated rings. The van der Waals surface area contributed by atoms with Crippen molar-refractivity contribution in [3.05, 3.63) is 289 Å². The lowest BCUT2D eigenvalue weighted by Gasteiger charge is -2.32. The first-order chi connectivity index (χ1) is 34.2. The lowest BCUT2D eigenvalue weighted by Crippen LogP contribution is -2.26. The van der Waals surface area contributed by atoms with Gasteiger partial charge in [-0.25, -0.2) is 0 Å². The second-order valence-electron chi connectivity index (χ2n) is 18.4. The largest absolute Gasteiger partial charge is 0.310 e. The first-order valence-corrected chi connectivity index (χ1v) is 23.9. The summed E-state index contributed by atoms with van der Waals surface area (Å²) < 4.78 is 2.43. The molecule has 0 bridgehead atoms. The van der Waals surface area contributed by atoms with Gasteiger partial charge >= 0.3 is 0 Å². The van der Waals surface area contributed by atoms with Gasteiger partial charge in [-0.05, 0) is 151 Å². The van der Waals surface area contributed by atoms with E-state index < -0.39 is 5.41 Å². The van der Waals surface area contributed by atoms with Gasteiger partial charge in [0.05, 0.1) is 16.4 Å². The van der Waals surface area contributed by atoms with Crippen molar-refractivity contribution in [1.82, 2.24) is 4.57 Å². The molecule has 2 heteroatoms. The first-order valence-electron chi connectivity index (χ1n) is 23.9. The lowest BCUT2D eigenvalue weighted by molar-refractivity contribution is 0.794. The van der Waals surface area contributed by atoms with E-state index in [2.05, 4.69) is 276 Å². The average molecular weight is 877 g/mol. The Kier molecular flexibility index (Phi) is 8.84. The van der Waals surface area contributed by atoms with Crippen LogP contribution in [0.2, 0.25) is 0 Å². The van der Waals surface area contributed by atoms with E-state index in [1.165, 1.54) is 99.7 Å². The molecule has 0 amide bonds. The number of fused-ring (bicyclic) bond motifs is 13. The van der Waals surface area contributed by atoms with Crippen molar-refractivity contribution < 1.29 is 0 Å². The third-order valence-corrected chi connectivity index (χ3v) is 14.8. The van der Waals surface area contributed by atoms with Crippen LogP contribution in [0, 0.1) is 0 Å². The Morgan fingerprint density at radius 1 is 0.261 bits per heavy atom. The Hall–Kier alpha value is -8.98. The van der Waals surface area contributed by atoms with Crippen molar-refractivity contribution in [2.45, 2.75) is 5.41 Å². The standard InChI is InChI=1S/C67H44N2/c1-4-17-45(18-5-1)47-31-35-52(36-32-47)68(51-22-8-3-9-23-51)54-37-39-58-57-38-33-50(43-63(57)67(64(58)44-54)61-28-13-10-25-55(61)56-26-11-14-29-62(56)67)49-34-40-66-60(42-49)59-27-12-15-30-65(59)69(66)53-24-16-21-48(41-53)46-19-6-2-7-20-46/h1-44H. The SMILES string of the molecule is c1ccc(-c2ccc(N(c3ccccc3)c3ccc4c(c3)C3(c5ccccc5-c5ccccc53)c3cc(-c5ccc6c(c5)c5ccccc5n6-c5cccc(-c6ccccc6)c5)ccc3-4)cc2)cc1. The van der Waals surface area contributed by atoms with Crippen LogP contribution in [0.25, 0.3) is 83.1 Å². The molecule has 0 saturated carbocycles. The second kappa shape index (κ2) is 15.6. The van der Waals surface area contributed by atoms with E-state index in [1.54, 1.807) is 0 Å². The minimum absolute atomic E-state index is 0.534. The predicted molar refractivity (Wildman–Crippen MR) is 288 cm³/mol. The van der Waals surface area contributed by atoms with E-state index in [9.17, 15) is 0 Å². The Labute approximate surface area is 402 Å². The zero-order valence-corrected chi connectivity index (χ0v) is 37.8. The molecule has 2 aliphatic rings. The summed E-state index contributed by atoms with van der Waals surface area (Å²) in [5.41, 5.74) is 24.0. The first kappa shape index (κ1) is 39.2. The highest BCUT2D eigenvalue weighted by molar-refractivity contribution is 6.11. The fourth-order valence-corrected chi connectivity index (χ4v) is 11.8. The summed E-state index contributed by atoms with van der Waals surface area (Å²) in [7, 11) is 0. The number of anilines is 3. The number of hydrogen-bond acceptors (Lipinski definition) is 1. The molecule has 0 atom stereocenters. The molecule has 1 heterocycles. The van der Waals surface area contributed by atoms with E-state index in [1.807, 2.05) is 0 Å². The van der Waals surface area contributed by atoms with Crippen LogP contribution in [0.3, 0.4) is 0 Å². The summed E-state index contributed by atoms with van der Waals surface area (Å²) in [6.07, 6.45) is 0. The summed E-state index contributed by atoms with van der Waals surface area (Å²) in [6, 6.07) is 98.6. The maximum absolute atomic E-state index is 2.51. The fraction of sp³-hybridized carbons (Fsp3) is 0.0149. The number of para-hydroxylation sites is 2. The molecule has 1 aromatic heterocycles. The monoisotopic (exact) mass is 876 g/mol. The van der Waals surface area contributed by atoms with E-state index in [-0.39, 0.29) is 0 Å². The van der Waals surface area contributed by atoms with Crippen LogP contribution < -0.4 is 4.90 Å². The van der Waals surface area contributed by atoms with Crippen LogP contribution in [-0.4, -0.2) is 4.57 Å². The van der Waals surface area contributed by atoms with Crippen LogP contribution in [0.15, 0.2) is 267 Å². The number of aromatic nitrogens is 1. The van der Waals surface area contributed by atoms with Crippen LogP contribution in [0.4, 0.5) is 17.1 Å². The smallest absolute Gasteiger partial charge is 0.0726 e. The van der Waals surface area contributed by atoms with E-state index in [0.29, 0.717) is 0 Å². The van der Waals surface area contributed by atoms with Gasteiger partial charge in [0.2, 0.25) is 0 Å².